The average molecular weight is 383 g/mol. The van der Waals surface area contributed by atoms with Crippen LogP contribution >= 0.6 is 0 Å². The van der Waals surface area contributed by atoms with Crippen molar-refractivity contribution in [3.05, 3.63) is 29.5 Å². The van der Waals surface area contributed by atoms with E-state index in [4.69, 9.17) is 15.2 Å². The smallest absolute Gasteiger partial charge is 0.203 e. The molecule has 12 heteroatoms. The number of nitrogens with two attached hydrogens (primary N) is 1. The van der Waals surface area contributed by atoms with Gasteiger partial charge in [-0.3, -0.25) is 9.47 Å². The molecule has 0 radical (unpaired) electrons. The predicted molar refractivity (Wildman–Crippen MR) is 86.3 cm³/mol. The lowest BCUT2D eigenvalue weighted by atomic mass is 10.1. The van der Waals surface area contributed by atoms with Crippen molar-refractivity contribution in [1.82, 2.24) is 14.5 Å². The van der Waals surface area contributed by atoms with Crippen LogP contribution in [-0.4, -0.2) is 90.0 Å². The highest BCUT2D eigenvalue weighted by Gasteiger charge is 2.45. The van der Waals surface area contributed by atoms with E-state index in [9.17, 15) is 25.5 Å². The second-order valence-electron chi connectivity index (χ2n) is 6.62. The molecule has 148 valence electrons. The van der Waals surface area contributed by atoms with E-state index in [1.807, 2.05) is 0 Å². The molecule has 0 bridgehead atoms. The standard InChI is InChI=1S/C15H21N5O7/c1-5-8(22)10(24)14(26-5)19-4-18-13-7(12(19)16)17-3-20(13)15-11(25)9(23)6(2-21)27-15/h3,6,8-11,14-15,21-25H,1-2,4,16H2/t6-,8?,9-,10-,11-,14-,15-/m1/s1. The number of aliphatic hydroxyl groups is 5. The molecule has 4 heterocycles. The molecule has 2 saturated heterocycles. The third kappa shape index (κ3) is 2.61. The van der Waals surface area contributed by atoms with E-state index < -0.39 is 49.6 Å². The summed E-state index contributed by atoms with van der Waals surface area (Å²) in [6.45, 7) is 3.08. The largest absolute Gasteiger partial charge is 0.470 e. The maximum absolute atomic E-state index is 10.2. The Labute approximate surface area is 152 Å². The number of rotatable bonds is 3. The second-order valence-corrected chi connectivity index (χ2v) is 6.62. The number of imidazole rings is 1. The van der Waals surface area contributed by atoms with E-state index in [1.165, 1.54) is 15.8 Å². The third-order valence-electron chi connectivity index (χ3n) is 5.01. The van der Waals surface area contributed by atoms with Crippen molar-refractivity contribution in [2.45, 2.75) is 43.0 Å². The minimum absolute atomic E-state index is 0.0128. The first-order chi connectivity index (χ1) is 12.8. The van der Waals surface area contributed by atoms with Crippen molar-refractivity contribution >= 4 is 5.82 Å². The average Bonchev–Trinajstić information content (AvgIpc) is 3.28. The number of aliphatic hydroxyl groups excluding tert-OH is 5. The van der Waals surface area contributed by atoms with Crippen molar-refractivity contribution in [3.63, 3.8) is 0 Å². The van der Waals surface area contributed by atoms with Crippen LogP contribution in [0.3, 0.4) is 0 Å². The lowest BCUT2D eigenvalue weighted by Gasteiger charge is -2.31. The normalized spacial score (nSPS) is 38.7. The van der Waals surface area contributed by atoms with Crippen LogP contribution in [0.2, 0.25) is 0 Å². The molecule has 1 aromatic rings. The summed E-state index contributed by atoms with van der Waals surface area (Å²) < 4.78 is 12.3. The maximum atomic E-state index is 10.2. The summed E-state index contributed by atoms with van der Waals surface area (Å²) in [5.74, 6) is 0.180. The number of fused-ring (bicyclic) bond motifs is 1. The van der Waals surface area contributed by atoms with E-state index in [0.717, 1.165) is 0 Å². The first kappa shape index (κ1) is 18.2. The molecular weight excluding hydrogens is 362 g/mol. The number of ether oxygens (including phenoxy) is 2. The molecule has 1 aromatic heterocycles. The molecule has 4 rings (SSSR count). The molecule has 27 heavy (non-hydrogen) atoms. The molecule has 3 aliphatic rings. The second kappa shape index (κ2) is 6.44. The molecule has 7 atom stereocenters. The number of nitrogens with zero attached hydrogens (tertiary/aromatic N) is 4. The molecule has 3 aliphatic heterocycles. The molecule has 0 spiro atoms. The van der Waals surface area contributed by atoms with Crippen LogP contribution in [0.5, 0.6) is 0 Å². The molecular formula is C15H21N5O7. The summed E-state index contributed by atoms with van der Waals surface area (Å²) in [6, 6.07) is 0. The molecule has 0 saturated carbocycles. The molecule has 1 unspecified atom stereocenters. The fourth-order valence-electron chi connectivity index (χ4n) is 3.45. The molecule has 0 amide bonds. The molecule has 0 aromatic carbocycles. The summed E-state index contributed by atoms with van der Waals surface area (Å²) >= 11 is 0. The van der Waals surface area contributed by atoms with Crippen molar-refractivity contribution in [1.29, 1.82) is 0 Å². The van der Waals surface area contributed by atoms with Crippen molar-refractivity contribution in [2.24, 2.45) is 10.7 Å². The van der Waals surface area contributed by atoms with Crippen LogP contribution in [0.15, 0.2) is 23.7 Å². The number of aromatic nitrogens is 2. The van der Waals surface area contributed by atoms with Gasteiger partial charge in [0, 0.05) is 0 Å². The summed E-state index contributed by atoms with van der Waals surface area (Å²) in [5, 5.41) is 49.6. The Hall–Kier alpha value is -2.22. The first-order valence-corrected chi connectivity index (χ1v) is 8.33. The van der Waals surface area contributed by atoms with E-state index in [0.29, 0.717) is 5.49 Å². The van der Waals surface area contributed by atoms with Crippen molar-refractivity contribution < 1.29 is 35.0 Å². The van der Waals surface area contributed by atoms with Crippen LogP contribution in [-0.2, 0) is 9.47 Å². The van der Waals surface area contributed by atoms with Crippen molar-refractivity contribution in [2.75, 3.05) is 13.3 Å². The fraction of sp³-hybridized carbons (Fsp3) is 0.600. The number of hydrogen-bond acceptors (Lipinski definition) is 11. The molecule has 7 N–H and O–H groups in total. The summed E-state index contributed by atoms with van der Waals surface area (Å²) in [7, 11) is 0. The van der Waals surface area contributed by atoms with Gasteiger partial charge >= 0.3 is 0 Å². The third-order valence-corrected chi connectivity index (χ3v) is 5.01. The quantitative estimate of drug-likeness (QED) is 0.296. The minimum Gasteiger partial charge on any atom is -0.470 e. The van der Waals surface area contributed by atoms with Crippen LogP contribution < -0.4 is 16.6 Å². The topological polar surface area (TPSA) is 179 Å². The zero-order valence-electron chi connectivity index (χ0n) is 14.2. The van der Waals surface area contributed by atoms with Gasteiger partial charge in [-0.15, -0.1) is 0 Å². The van der Waals surface area contributed by atoms with E-state index in [1.54, 1.807) is 0 Å². The van der Waals surface area contributed by atoms with Crippen LogP contribution in [0.25, 0.3) is 5.82 Å². The molecule has 2 fully saturated rings. The summed E-state index contributed by atoms with van der Waals surface area (Å²) in [6.07, 6.45) is -6.57. The Morgan fingerprint density at radius 3 is 2.52 bits per heavy atom. The van der Waals surface area contributed by atoms with Crippen LogP contribution in [0.1, 0.15) is 6.23 Å². The Bertz CT molecular complexity index is 872. The highest BCUT2D eigenvalue weighted by Crippen LogP contribution is 2.29. The van der Waals surface area contributed by atoms with Crippen molar-refractivity contribution in [3.8, 4) is 0 Å². The van der Waals surface area contributed by atoms with Crippen LogP contribution in [0, 0.1) is 0 Å². The fourth-order valence-corrected chi connectivity index (χ4v) is 3.45. The highest BCUT2D eigenvalue weighted by atomic mass is 16.6. The van der Waals surface area contributed by atoms with Gasteiger partial charge in [0.1, 0.15) is 54.1 Å². The molecule has 0 aliphatic carbocycles. The maximum Gasteiger partial charge on any atom is 0.203 e. The lowest BCUT2D eigenvalue weighted by molar-refractivity contribution is -0.0556. The zero-order chi connectivity index (χ0) is 19.5. The monoisotopic (exact) mass is 383 g/mol. The van der Waals surface area contributed by atoms with E-state index >= 15 is 0 Å². The Balaban J connectivity index is 1.68. The Morgan fingerprint density at radius 1 is 1.19 bits per heavy atom. The Morgan fingerprint density at radius 2 is 1.93 bits per heavy atom. The van der Waals surface area contributed by atoms with E-state index in [2.05, 4.69) is 16.6 Å². The van der Waals surface area contributed by atoms with Gasteiger partial charge in [0.05, 0.1) is 12.9 Å². The van der Waals surface area contributed by atoms with Gasteiger partial charge in [-0.2, -0.15) is 0 Å². The summed E-state index contributed by atoms with van der Waals surface area (Å²) in [5.41, 5.74) is 6.47. The van der Waals surface area contributed by atoms with Crippen LogP contribution in [0.4, 0.5) is 0 Å². The lowest BCUT2D eigenvalue weighted by Crippen LogP contribution is -2.53. The zero-order valence-corrected chi connectivity index (χ0v) is 14.2. The number of hydrogen-bond donors (Lipinski definition) is 6. The van der Waals surface area contributed by atoms with Gasteiger partial charge in [-0.25, -0.2) is 9.98 Å². The summed E-state index contributed by atoms with van der Waals surface area (Å²) in [4.78, 5) is 9.98. The first-order valence-electron chi connectivity index (χ1n) is 8.33. The van der Waals surface area contributed by atoms with Gasteiger partial charge in [0.25, 0.3) is 0 Å². The highest BCUT2D eigenvalue weighted by molar-refractivity contribution is 5.37. The van der Waals surface area contributed by atoms with E-state index in [-0.39, 0.29) is 23.6 Å². The van der Waals surface area contributed by atoms with Gasteiger partial charge < -0.3 is 40.7 Å². The molecule has 12 nitrogen and oxygen atoms in total. The SMILES string of the molecule is C=C1O[C@@H](N2CN=c3c(ncn3[C@@H]3O[C@H](CO)[C@@H](O)[C@H]3O)=C2N)[C@H](O)C1O. The van der Waals surface area contributed by atoms with Gasteiger partial charge in [-0.05, 0) is 0 Å². The Kier molecular flexibility index (Phi) is 4.33. The van der Waals surface area contributed by atoms with Gasteiger partial charge in [0.2, 0.25) is 6.23 Å². The predicted octanol–water partition coefficient (Wildman–Crippen LogP) is -5.00. The minimum atomic E-state index is -1.28. The van der Waals surface area contributed by atoms with Gasteiger partial charge in [0.15, 0.2) is 11.7 Å². The van der Waals surface area contributed by atoms with Gasteiger partial charge in [-0.1, -0.05) is 6.58 Å².